The summed E-state index contributed by atoms with van der Waals surface area (Å²) in [4.78, 5) is 23.4. The van der Waals surface area contributed by atoms with Crippen LogP contribution in [0.2, 0.25) is 0 Å². The Labute approximate surface area is 87.4 Å². The summed E-state index contributed by atoms with van der Waals surface area (Å²) in [7, 11) is 1.39. The lowest BCUT2D eigenvalue weighted by molar-refractivity contribution is 0.0916. The van der Waals surface area contributed by atoms with Crippen LogP contribution in [0.1, 0.15) is 26.3 Å². The monoisotopic (exact) mass is 202 g/mol. The average molecular weight is 202 g/mol. The molecular formula is C12H10O3. The molecule has 3 heteroatoms. The maximum atomic E-state index is 11.8. The van der Waals surface area contributed by atoms with Crippen molar-refractivity contribution in [2.45, 2.75) is 6.92 Å². The maximum Gasteiger partial charge on any atom is 0.228 e. The highest BCUT2D eigenvalue weighted by atomic mass is 16.5. The van der Waals surface area contributed by atoms with E-state index in [4.69, 9.17) is 4.74 Å². The molecular weight excluding hydrogens is 192 g/mol. The van der Waals surface area contributed by atoms with Gasteiger partial charge in [0, 0.05) is 17.2 Å². The van der Waals surface area contributed by atoms with Crippen LogP contribution in [0.5, 0.6) is 0 Å². The van der Waals surface area contributed by atoms with Gasteiger partial charge in [0.05, 0.1) is 7.11 Å². The summed E-state index contributed by atoms with van der Waals surface area (Å²) in [6.07, 6.45) is 1.24. The van der Waals surface area contributed by atoms with Crippen molar-refractivity contribution in [2.75, 3.05) is 7.11 Å². The number of allylic oxidation sites excluding steroid dienone is 2. The van der Waals surface area contributed by atoms with Gasteiger partial charge in [-0.05, 0) is 19.1 Å². The average Bonchev–Trinajstić information content (AvgIpc) is 2.23. The number of aryl methyl sites for hydroxylation is 1. The molecule has 0 saturated carbocycles. The van der Waals surface area contributed by atoms with Gasteiger partial charge in [-0.15, -0.1) is 0 Å². The fraction of sp³-hybridized carbons (Fsp3) is 0.167. The lowest BCUT2D eigenvalue weighted by Crippen LogP contribution is -2.17. The van der Waals surface area contributed by atoms with Crippen molar-refractivity contribution in [1.29, 1.82) is 0 Å². The first-order valence-electron chi connectivity index (χ1n) is 4.59. The number of carbonyl (C=O) groups excluding carboxylic acids is 2. The Balaban J connectivity index is 2.62. The van der Waals surface area contributed by atoms with Gasteiger partial charge < -0.3 is 4.74 Å². The van der Waals surface area contributed by atoms with Crippen LogP contribution in [-0.2, 0) is 4.74 Å². The highest BCUT2D eigenvalue weighted by Crippen LogP contribution is 2.22. The molecule has 0 heterocycles. The van der Waals surface area contributed by atoms with E-state index in [1.807, 2.05) is 13.0 Å². The van der Waals surface area contributed by atoms with Crippen LogP contribution in [-0.4, -0.2) is 18.7 Å². The van der Waals surface area contributed by atoms with Crippen LogP contribution in [0.3, 0.4) is 0 Å². The fourth-order valence-corrected chi connectivity index (χ4v) is 1.61. The van der Waals surface area contributed by atoms with E-state index in [0.717, 1.165) is 5.56 Å². The van der Waals surface area contributed by atoms with Crippen molar-refractivity contribution in [3.63, 3.8) is 0 Å². The first-order chi connectivity index (χ1) is 7.13. The summed E-state index contributed by atoms with van der Waals surface area (Å²) in [6, 6.07) is 5.19. The molecule has 1 aliphatic carbocycles. The normalized spacial score (nSPS) is 14.7. The first-order valence-corrected chi connectivity index (χ1v) is 4.59. The van der Waals surface area contributed by atoms with Gasteiger partial charge in [0.2, 0.25) is 5.78 Å². The van der Waals surface area contributed by atoms with E-state index in [2.05, 4.69) is 0 Å². The third-order valence-electron chi connectivity index (χ3n) is 2.39. The zero-order chi connectivity index (χ0) is 11.0. The minimum atomic E-state index is -0.230. The molecule has 0 unspecified atom stereocenters. The van der Waals surface area contributed by atoms with Gasteiger partial charge in [0.25, 0.3) is 0 Å². The number of methoxy groups -OCH3 is 1. The van der Waals surface area contributed by atoms with Crippen molar-refractivity contribution in [3.05, 3.63) is 46.7 Å². The van der Waals surface area contributed by atoms with Gasteiger partial charge in [-0.1, -0.05) is 11.6 Å². The third kappa shape index (κ3) is 1.46. The van der Waals surface area contributed by atoms with Crippen molar-refractivity contribution in [2.24, 2.45) is 0 Å². The van der Waals surface area contributed by atoms with Gasteiger partial charge in [0.15, 0.2) is 11.5 Å². The molecule has 0 radical (unpaired) electrons. The number of ether oxygens (including phenoxy) is 1. The molecule has 0 saturated heterocycles. The smallest absolute Gasteiger partial charge is 0.228 e. The minimum absolute atomic E-state index is 0.108. The number of hydrogen-bond acceptors (Lipinski definition) is 3. The van der Waals surface area contributed by atoms with Crippen LogP contribution in [0.4, 0.5) is 0 Å². The quantitative estimate of drug-likeness (QED) is 0.698. The van der Waals surface area contributed by atoms with E-state index in [1.54, 1.807) is 12.1 Å². The van der Waals surface area contributed by atoms with Crippen LogP contribution in [0.15, 0.2) is 30.0 Å². The molecule has 1 aromatic rings. The van der Waals surface area contributed by atoms with E-state index in [1.165, 1.54) is 13.2 Å². The van der Waals surface area contributed by atoms with E-state index in [0.29, 0.717) is 11.1 Å². The lowest BCUT2D eigenvalue weighted by atomic mass is 9.92. The Morgan fingerprint density at radius 2 is 1.87 bits per heavy atom. The molecule has 1 aromatic carbocycles. The van der Waals surface area contributed by atoms with Crippen molar-refractivity contribution < 1.29 is 14.3 Å². The molecule has 2 rings (SSSR count). The second-order valence-electron chi connectivity index (χ2n) is 3.46. The van der Waals surface area contributed by atoms with E-state index in [-0.39, 0.29) is 17.3 Å². The molecule has 76 valence electrons. The number of ketones is 2. The number of hydrogen-bond donors (Lipinski definition) is 0. The molecule has 0 aromatic heterocycles. The van der Waals surface area contributed by atoms with Gasteiger partial charge in [-0.25, -0.2) is 0 Å². The van der Waals surface area contributed by atoms with Gasteiger partial charge in [-0.2, -0.15) is 0 Å². The summed E-state index contributed by atoms with van der Waals surface area (Å²) in [5.41, 5.74) is 1.84. The number of benzene rings is 1. The summed E-state index contributed by atoms with van der Waals surface area (Å²) >= 11 is 0. The molecule has 0 aliphatic heterocycles. The second kappa shape index (κ2) is 3.35. The molecule has 0 fully saturated rings. The van der Waals surface area contributed by atoms with Gasteiger partial charge in [0.1, 0.15) is 0 Å². The van der Waals surface area contributed by atoms with Crippen molar-refractivity contribution in [3.8, 4) is 0 Å². The Kier molecular flexibility index (Phi) is 2.15. The van der Waals surface area contributed by atoms with Crippen LogP contribution in [0, 0.1) is 6.92 Å². The second-order valence-corrected chi connectivity index (χ2v) is 3.46. The van der Waals surface area contributed by atoms with Crippen molar-refractivity contribution >= 4 is 11.6 Å². The Morgan fingerprint density at radius 1 is 1.13 bits per heavy atom. The molecule has 15 heavy (non-hydrogen) atoms. The molecule has 0 amide bonds. The molecule has 0 spiro atoms. The summed E-state index contributed by atoms with van der Waals surface area (Å²) in [5, 5.41) is 0. The van der Waals surface area contributed by atoms with E-state index >= 15 is 0 Å². The van der Waals surface area contributed by atoms with E-state index in [9.17, 15) is 9.59 Å². The Hall–Kier alpha value is -1.90. The molecule has 1 aliphatic rings. The first kappa shape index (κ1) is 9.65. The number of carbonyl (C=O) groups is 2. The zero-order valence-corrected chi connectivity index (χ0v) is 8.53. The van der Waals surface area contributed by atoms with E-state index < -0.39 is 0 Å². The van der Waals surface area contributed by atoms with Crippen LogP contribution < -0.4 is 0 Å². The maximum absolute atomic E-state index is 11.8. The molecule has 0 atom stereocenters. The number of Topliss-reactive ketones (excluding diaryl/α,β-unsaturated/α-hetero) is 1. The predicted molar refractivity (Wildman–Crippen MR) is 54.9 cm³/mol. The third-order valence-corrected chi connectivity index (χ3v) is 2.39. The highest BCUT2D eigenvalue weighted by molar-refractivity contribution is 6.23. The number of rotatable bonds is 1. The molecule has 0 bridgehead atoms. The molecule has 0 N–H and O–H groups in total. The van der Waals surface area contributed by atoms with Crippen molar-refractivity contribution in [1.82, 2.24) is 0 Å². The Bertz CT molecular complexity index is 484. The molecule has 3 nitrogen and oxygen atoms in total. The predicted octanol–water partition coefficient (Wildman–Crippen LogP) is 1.90. The van der Waals surface area contributed by atoms with Crippen LogP contribution >= 0.6 is 0 Å². The minimum Gasteiger partial charge on any atom is -0.492 e. The topological polar surface area (TPSA) is 43.4 Å². The summed E-state index contributed by atoms with van der Waals surface area (Å²) in [5.74, 6) is -0.298. The summed E-state index contributed by atoms with van der Waals surface area (Å²) in [6.45, 7) is 1.88. The van der Waals surface area contributed by atoms with Gasteiger partial charge >= 0.3 is 0 Å². The zero-order valence-electron chi connectivity index (χ0n) is 8.53. The largest absolute Gasteiger partial charge is 0.492 e. The Morgan fingerprint density at radius 3 is 2.53 bits per heavy atom. The number of fused-ring (bicyclic) bond motifs is 1. The van der Waals surface area contributed by atoms with Gasteiger partial charge in [-0.3, -0.25) is 9.59 Å². The summed E-state index contributed by atoms with van der Waals surface area (Å²) < 4.78 is 4.85. The van der Waals surface area contributed by atoms with Crippen LogP contribution in [0.25, 0.3) is 0 Å². The lowest BCUT2D eigenvalue weighted by Gasteiger charge is -2.14. The SMILES string of the molecule is COC1=CC(=O)c2cc(C)ccc2C1=O. The highest BCUT2D eigenvalue weighted by Gasteiger charge is 2.25. The standard InChI is InChI=1S/C12H10O3/c1-7-3-4-8-9(5-7)10(13)6-11(15-2)12(8)14/h3-6H,1-2H3. The fourth-order valence-electron chi connectivity index (χ4n) is 1.61.